The first kappa shape index (κ1) is 28.1. The number of aliphatic hydroxyl groups excluding tert-OH is 1. The highest BCUT2D eigenvalue weighted by Crippen LogP contribution is 2.28. The van der Waals surface area contributed by atoms with Crippen molar-refractivity contribution < 1.29 is 19.4 Å². The lowest BCUT2D eigenvalue weighted by atomic mass is 10.0. The molecule has 0 aliphatic heterocycles. The third-order valence-electron chi connectivity index (χ3n) is 5.99. The van der Waals surface area contributed by atoms with E-state index < -0.39 is 0 Å². The molecule has 0 unspecified atom stereocenters. The Labute approximate surface area is 180 Å². The highest BCUT2D eigenvalue weighted by Gasteiger charge is 2.13. The van der Waals surface area contributed by atoms with Crippen molar-refractivity contribution in [2.75, 3.05) is 13.2 Å². The molecule has 0 atom stereocenters. The van der Waals surface area contributed by atoms with Gasteiger partial charge in [-0.15, -0.1) is 0 Å². The van der Waals surface area contributed by atoms with Crippen LogP contribution in [0.4, 0.5) is 0 Å². The second kappa shape index (κ2) is 20.4. The van der Waals surface area contributed by atoms with Crippen LogP contribution in [0.1, 0.15) is 124 Å². The van der Waals surface area contributed by atoms with Gasteiger partial charge >= 0.3 is 5.97 Å². The molecule has 0 aromatic heterocycles. The molecule has 2 rings (SSSR count). The minimum atomic E-state index is -0.265. The van der Waals surface area contributed by atoms with Gasteiger partial charge in [0.1, 0.15) is 5.78 Å². The molecule has 29 heavy (non-hydrogen) atoms. The summed E-state index contributed by atoms with van der Waals surface area (Å²) in [6.07, 6.45) is 19.3. The van der Waals surface area contributed by atoms with Crippen molar-refractivity contribution in [3.63, 3.8) is 0 Å². The van der Waals surface area contributed by atoms with Gasteiger partial charge in [0.2, 0.25) is 0 Å². The van der Waals surface area contributed by atoms with E-state index >= 15 is 0 Å². The summed E-state index contributed by atoms with van der Waals surface area (Å²) in [7, 11) is 0. The average molecular weight is 413 g/mol. The van der Waals surface area contributed by atoms with Crippen molar-refractivity contribution in [1.82, 2.24) is 0 Å². The van der Waals surface area contributed by atoms with Crippen LogP contribution in [0, 0.1) is 11.8 Å². The summed E-state index contributed by atoms with van der Waals surface area (Å²) < 4.78 is 4.84. The van der Waals surface area contributed by atoms with Gasteiger partial charge in [0.05, 0.1) is 13.0 Å². The van der Waals surface area contributed by atoms with E-state index in [1.165, 1.54) is 77.6 Å². The number of Topliss-reactive ketones (excluding diaryl/α,β-unsaturated/α-hetero) is 1. The summed E-state index contributed by atoms with van der Waals surface area (Å²) in [5.74, 6) is 1.87. The van der Waals surface area contributed by atoms with Crippen LogP contribution in [0.15, 0.2) is 0 Å². The number of aliphatic hydroxyl groups is 1. The molecule has 4 nitrogen and oxygen atoms in total. The molecule has 0 aromatic carbocycles. The predicted octanol–water partition coefficient (Wildman–Crippen LogP) is 6.62. The first-order chi connectivity index (χ1) is 14.0. The standard InChI is InChI=1S/C9H16O3.C9H18O.C7H14/c1-3-4-7-12-9(11)6-5-8(2)10;10-8-4-3-7-9-5-1-2-6-9;1-2-7-5-3-4-6-7/h3-7H2,1-2H3;9-10H,1-8H2;7H,2-6H2,1H3. The minimum absolute atomic E-state index is 0.0300. The zero-order chi connectivity index (χ0) is 21.7. The summed E-state index contributed by atoms with van der Waals surface area (Å²) in [5, 5.41) is 8.54. The number of carbonyl (C=O) groups is 2. The molecule has 2 aliphatic rings. The SMILES string of the molecule is CCC1CCCC1.CCCCOC(=O)CCC(C)=O.OCCCCC1CCCC1. The number of unbranched alkanes of at least 4 members (excludes halogenated alkanes) is 2. The van der Waals surface area contributed by atoms with Crippen molar-refractivity contribution in [3.8, 4) is 0 Å². The molecule has 0 radical (unpaired) electrons. The van der Waals surface area contributed by atoms with Crippen LogP contribution >= 0.6 is 0 Å². The normalized spacial score (nSPS) is 16.6. The van der Waals surface area contributed by atoms with E-state index in [2.05, 4.69) is 6.92 Å². The highest BCUT2D eigenvalue weighted by atomic mass is 16.5. The summed E-state index contributed by atoms with van der Waals surface area (Å²) in [6, 6.07) is 0. The van der Waals surface area contributed by atoms with Crippen LogP contribution in [-0.4, -0.2) is 30.1 Å². The lowest BCUT2D eigenvalue weighted by Crippen LogP contribution is -2.07. The third-order valence-corrected chi connectivity index (χ3v) is 5.99. The number of ether oxygens (including phenoxy) is 1. The number of ketones is 1. The van der Waals surface area contributed by atoms with Gasteiger partial charge in [-0.3, -0.25) is 4.79 Å². The van der Waals surface area contributed by atoms with Crippen LogP contribution in [0.5, 0.6) is 0 Å². The van der Waals surface area contributed by atoms with Gasteiger partial charge in [-0.25, -0.2) is 0 Å². The predicted molar refractivity (Wildman–Crippen MR) is 121 cm³/mol. The molecule has 1 N–H and O–H groups in total. The Kier molecular flexibility index (Phi) is 19.7. The second-order valence-electron chi connectivity index (χ2n) is 8.70. The first-order valence-corrected chi connectivity index (χ1v) is 12.3. The van der Waals surface area contributed by atoms with Crippen LogP contribution in [0.25, 0.3) is 0 Å². The van der Waals surface area contributed by atoms with Gasteiger partial charge in [0, 0.05) is 13.0 Å². The van der Waals surface area contributed by atoms with E-state index in [9.17, 15) is 9.59 Å². The zero-order valence-electron chi connectivity index (χ0n) is 19.6. The fraction of sp³-hybridized carbons (Fsp3) is 0.920. The molecule has 172 valence electrons. The highest BCUT2D eigenvalue weighted by molar-refractivity contribution is 5.80. The van der Waals surface area contributed by atoms with Crippen molar-refractivity contribution in [1.29, 1.82) is 0 Å². The molecule has 0 heterocycles. The molecular formula is C25H48O4. The number of hydrogen-bond donors (Lipinski definition) is 1. The number of carbonyl (C=O) groups excluding carboxylic acids is 2. The molecule has 2 saturated carbocycles. The third kappa shape index (κ3) is 18.8. The van der Waals surface area contributed by atoms with Crippen molar-refractivity contribution in [2.24, 2.45) is 11.8 Å². The van der Waals surface area contributed by atoms with E-state index in [-0.39, 0.29) is 18.2 Å². The van der Waals surface area contributed by atoms with Gasteiger partial charge < -0.3 is 14.6 Å². The topological polar surface area (TPSA) is 63.6 Å². The maximum atomic E-state index is 10.8. The summed E-state index contributed by atoms with van der Waals surface area (Å²) in [4.78, 5) is 21.3. The molecule has 4 heteroatoms. The van der Waals surface area contributed by atoms with Crippen LogP contribution < -0.4 is 0 Å². The number of hydrogen-bond acceptors (Lipinski definition) is 4. The lowest BCUT2D eigenvalue weighted by molar-refractivity contribution is -0.144. The Balaban J connectivity index is 0.000000418. The number of esters is 1. The van der Waals surface area contributed by atoms with Gasteiger partial charge in [-0.2, -0.15) is 0 Å². The first-order valence-electron chi connectivity index (χ1n) is 12.3. The van der Waals surface area contributed by atoms with E-state index in [1.807, 2.05) is 6.92 Å². The molecular weight excluding hydrogens is 364 g/mol. The number of rotatable bonds is 11. The van der Waals surface area contributed by atoms with E-state index in [4.69, 9.17) is 9.84 Å². The maximum Gasteiger partial charge on any atom is 0.306 e. The van der Waals surface area contributed by atoms with Crippen molar-refractivity contribution in [2.45, 2.75) is 124 Å². The van der Waals surface area contributed by atoms with Crippen LogP contribution in [-0.2, 0) is 14.3 Å². The zero-order valence-corrected chi connectivity index (χ0v) is 19.6. The van der Waals surface area contributed by atoms with Crippen LogP contribution in [0.3, 0.4) is 0 Å². The maximum absolute atomic E-state index is 10.8. The molecule has 2 aliphatic carbocycles. The molecule has 0 spiro atoms. The largest absolute Gasteiger partial charge is 0.466 e. The fourth-order valence-corrected chi connectivity index (χ4v) is 3.94. The van der Waals surface area contributed by atoms with Gasteiger partial charge in [0.25, 0.3) is 0 Å². The van der Waals surface area contributed by atoms with Gasteiger partial charge in [0.15, 0.2) is 0 Å². The Hall–Kier alpha value is -0.900. The van der Waals surface area contributed by atoms with Crippen molar-refractivity contribution in [3.05, 3.63) is 0 Å². The van der Waals surface area contributed by atoms with Crippen molar-refractivity contribution >= 4 is 11.8 Å². The molecule has 0 saturated heterocycles. The molecule has 0 aromatic rings. The molecule has 2 fully saturated rings. The Bertz CT molecular complexity index is 382. The minimum Gasteiger partial charge on any atom is -0.466 e. The van der Waals surface area contributed by atoms with Gasteiger partial charge in [-0.1, -0.05) is 90.9 Å². The molecule has 0 amide bonds. The lowest BCUT2D eigenvalue weighted by Gasteiger charge is -2.06. The van der Waals surface area contributed by atoms with Crippen LogP contribution in [0.2, 0.25) is 0 Å². The quantitative estimate of drug-likeness (QED) is 0.306. The Morgan fingerprint density at radius 1 is 0.862 bits per heavy atom. The summed E-state index contributed by atoms with van der Waals surface area (Å²) in [6.45, 7) is 6.67. The van der Waals surface area contributed by atoms with E-state index in [0.29, 0.717) is 19.6 Å². The van der Waals surface area contributed by atoms with E-state index in [1.54, 1.807) is 0 Å². The fourth-order valence-electron chi connectivity index (χ4n) is 3.94. The van der Waals surface area contributed by atoms with E-state index in [0.717, 1.165) is 31.1 Å². The average Bonchev–Trinajstić information content (AvgIpc) is 3.42. The van der Waals surface area contributed by atoms with Gasteiger partial charge in [-0.05, 0) is 31.6 Å². The Morgan fingerprint density at radius 3 is 1.90 bits per heavy atom. The summed E-state index contributed by atoms with van der Waals surface area (Å²) >= 11 is 0. The monoisotopic (exact) mass is 412 g/mol. The Morgan fingerprint density at radius 2 is 1.45 bits per heavy atom. The smallest absolute Gasteiger partial charge is 0.306 e. The molecule has 0 bridgehead atoms. The summed E-state index contributed by atoms with van der Waals surface area (Å²) in [5.41, 5.74) is 0. The second-order valence-corrected chi connectivity index (χ2v) is 8.70.